The summed E-state index contributed by atoms with van der Waals surface area (Å²) in [6, 6.07) is 28.3. The van der Waals surface area contributed by atoms with Crippen LogP contribution in [-0.2, 0) is 6.67 Å². The number of halogens is 1. The molecule has 5 aromatic rings. The third kappa shape index (κ3) is 4.29. The maximum absolute atomic E-state index is 13.7. The number of allylic oxidation sites excluding steroid dienone is 2. The van der Waals surface area contributed by atoms with Gasteiger partial charge in [-0.25, -0.2) is 24.6 Å². The van der Waals surface area contributed by atoms with Crippen LogP contribution >= 0.6 is 11.3 Å². The summed E-state index contributed by atoms with van der Waals surface area (Å²) in [6.45, 7) is 21.4. The van der Waals surface area contributed by atoms with Gasteiger partial charge in [0, 0.05) is 20.9 Å². The van der Waals surface area contributed by atoms with Gasteiger partial charge < -0.3 is 0 Å². The summed E-state index contributed by atoms with van der Waals surface area (Å²) >= 11 is 1.55. The van der Waals surface area contributed by atoms with Crippen molar-refractivity contribution in [1.29, 1.82) is 10.5 Å². The average molecular weight is 611 g/mol. The topological polar surface area (TPSA) is 56.3 Å². The molecule has 4 nitrogen and oxygen atoms in total. The molecule has 0 bridgehead atoms. The van der Waals surface area contributed by atoms with Gasteiger partial charge in [-0.2, -0.15) is 0 Å². The number of aryl methyl sites for hydroxylation is 3. The molecule has 1 aromatic heterocycles. The molecule has 7 rings (SSSR count). The smallest absolute Gasteiger partial charge is 0.246 e. The fourth-order valence-corrected chi connectivity index (χ4v) is 8.22. The Bertz CT molecular complexity index is 2380. The highest BCUT2D eigenvalue weighted by atomic mass is 32.1. The molecule has 0 saturated carbocycles. The van der Waals surface area contributed by atoms with Gasteiger partial charge in [-0.15, -0.1) is 11.3 Å². The van der Waals surface area contributed by atoms with E-state index in [0.717, 1.165) is 76.5 Å². The zero-order valence-corrected chi connectivity index (χ0v) is 26.0. The zero-order chi connectivity index (χ0) is 32.3. The van der Waals surface area contributed by atoms with Crippen LogP contribution in [0.4, 0.5) is 4.39 Å². The number of nitrogens with zero attached hydrogens (tertiary/aromatic N) is 4. The van der Waals surface area contributed by atoms with E-state index in [9.17, 15) is 14.9 Å². The Labute approximate surface area is 270 Å². The van der Waals surface area contributed by atoms with Crippen molar-refractivity contribution in [2.75, 3.05) is 0 Å². The fraction of sp³-hybridized carbons (Fsp3) is 0.100. The molecule has 0 atom stereocenters. The predicted octanol–water partition coefficient (Wildman–Crippen LogP) is 10.8. The number of benzene rings is 4. The van der Waals surface area contributed by atoms with Crippen molar-refractivity contribution < 1.29 is 4.39 Å². The summed E-state index contributed by atoms with van der Waals surface area (Å²) in [7, 11) is 0. The van der Waals surface area contributed by atoms with Gasteiger partial charge in [-0.1, -0.05) is 71.3 Å². The van der Waals surface area contributed by atoms with Crippen molar-refractivity contribution in [3.63, 3.8) is 0 Å². The van der Waals surface area contributed by atoms with Crippen molar-refractivity contribution in [3.05, 3.63) is 152 Å². The SMILES string of the molecule is [C-]#[N+]/C(C#N)=C1/c2cc(-c3cc(C)cc(CF)c3)ccc2-c2sc3c(c21)/C(=C(\C#N)[N+]#[C-])c1cc(-c2cc(C)cc(C)c2)ccc1-3. The Morgan fingerprint density at radius 2 is 1.09 bits per heavy atom. The Hall–Kier alpha value is -6.05. The maximum Gasteiger partial charge on any atom is 0.270 e. The van der Waals surface area contributed by atoms with Crippen LogP contribution < -0.4 is 0 Å². The Morgan fingerprint density at radius 1 is 0.630 bits per heavy atom. The van der Waals surface area contributed by atoms with Crippen LogP contribution in [-0.4, -0.2) is 0 Å². The molecule has 0 saturated heterocycles. The van der Waals surface area contributed by atoms with Gasteiger partial charge in [0.25, 0.3) is 11.4 Å². The van der Waals surface area contributed by atoms with E-state index < -0.39 is 6.67 Å². The Kier molecular flexibility index (Phi) is 6.76. The number of hydrogen-bond donors (Lipinski definition) is 0. The summed E-state index contributed by atoms with van der Waals surface area (Å²) in [6.07, 6.45) is 0. The lowest BCUT2D eigenvalue weighted by atomic mass is 9.92. The first-order chi connectivity index (χ1) is 22.3. The van der Waals surface area contributed by atoms with Crippen LogP contribution in [0.3, 0.4) is 0 Å². The number of nitriles is 2. The molecule has 216 valence electrons. The molecule has 0 spiro atoms. The standard InChI is InChI=1S/C40H23FN4S/c1-21-10-22(2)13-27(12-21)25-6-8-29-31(16-25)35(33(19-42)44-4)37-38-36(34(20-43)45-5)32-17-26(7-9-30(32)40(38)46-39(29)37)28-14-23(3)11-24(15-28)18-41/h6-17H,18H2,1-3H3/b35-33+,36-34-. The number of alkyl halides is 1. The number of rotatable bonds is 3. The zero-order valence-electron chi connectivity index (χ0n) is 25.2. The Morgan fingerprint density at radius 3 is 1.52 bits per heavy atom. The van der Waals surface area contributed by atoms with Crippen molar-refractivity contribution in [2.24, 2.45) is 0 Å². The second kappa shape index (κ2) is 10.8. The van der Waals surface area contributed by atoms with E-state index in [4.69, 9.17) is 13.1 Å². The molecule has 2 aliphatic rings. The molecule has 0 amide bonds. The molecule has 0 N–H and O–H groups in total. The molecule has 1 heterocycles. The van der Waals surface area contributed by atoms with Gasteiger partial charge in [-0.05, 0) is 100 Å². The highest BCUT2D eigenvalue weighted by Gasteiger charge is 2.39. The maximum atomic E-state index is 13.7. The molecule has 0 radical (unpaired) electrons. The van der Waals surface area contributed by atoms with Crippen molar-refractivity contribution in [3.8, 4) is 55.3 Å². The summed E-state index contributed by atoms with van der Waals surface area (Å²) in [5, 5.41) is 20.4. The minimum absolute atomic E-state index is 0.0333. The van der Waals surface area contributed by atoms with E-state index in [1.807, 2.05) is 55.5 Å². The first-order valence-electron chi connectivity index (χ1n) is 14.6. The first-order valence-corrected chi connectivity index (χ1v) is 15.4. The Balaban J connectivity index is 1.49. The minimum Gasteiger partial charge on any atom is -0.246 e. The summed E-state index contributed by atoms with van der Waals surface area (Å²) in [5.74, 6) is 0. The first kappa shape index (κ1) is 28.7. The van der Waals surface area contributed by atoms with Gasteiger partial charge >= 0.3 is 0 Å². The van der Waals surface area contributed by atoms with Crippen LogP contribution in [0.5, 0.6) is 0 Å². The van der Waals surface area contributed by atoms with Crippen molar-refractivity contribution in [1.82, 2.24) is 0 Å². The van der Waals surface area contributed by atoms with Crippen LogP contribution in [0.1, 0.15) is 44.5 Å². The molecule has 6 heteroatoms. The van der Waals surface area contributed by atoms with Gasteiger partial charge in [0.2, 0.25) is 0 Å². The quantitative estimate of drug-likeness (QED) is 0.148. The lowest BCUT2D eigenvalue weighted by Gasteiger charge is -2.11. The van der Waals surface area contributed by atoms with Crippen LogP contribution in [0, 0.1) is 56.6 Å². The van der Waals surface area contributed by atoms with E-state index >= 15 is 0 Å². The highest BCUT2D eigenvalue weighted by molar-refractivity contribution is 7.20. The fourth-order valence-electron chi connectivity index (χ4n) is 6.83. The molecular formula is C40H23FN4S. The van der Waals surface area contributed by atoms with Crippen LogP contribution in [0.15, 0.2) is 84.2 Å². The highest BCUT2D eigenvalue weighted by Crippen LogP contribution is 2.61. The molecule has 2 aliphatic carbocycles. The van der Waals surface area contributed by atoms with E-state index in [2.05, 4.69) is 59.9 Å². The summed E-state index contributed by atoms with van der Waals surface area (Å²) < 4.78 is 13.7. The minimum atomic E-state index is -0.576. The average Bonchev–Trinajstić information content (AvgIpc) is 3.68. The molecule has 0 fully saturated rings. The van der Waals surface area contributed by atoms with Crippen LogP contribution in [0.2, 0.25) is 0 Å². The van der Waals surface area contributed by atoms with Gasteiger partial charge in [-0.3, -0.25) is 0 Å². The second-order valence-corrected chi connectivity index (χ2v) is 12.7. The third-order valence-electron chi connectivity index (χ3n) is 8.56. The lowest BCUT2D eigenvalue weighted by molar-refractivity contribution is 0.485. The number of hydrogen-bond acceptors (Lipinski definition) is 3. The van der Waals surface area contributed by atoms with E-state index in [1.165, 1.54) is 0 Å². The molecule has 0 unspecified atom stereocenters. The van der Waals surface area contributed by atoms with Crippen molar-refractivity contribution in [2.45, 2.75) is 27.4 Å². The van der Waals surface area contributed by atoms with Gasteiger partial charge in [0.15, 0.2) is 0 Å². The largest absolute Gasteiger partial charge is 0.270 e. The predicted molar refractivity (Wildman–Crippen MR) is 182 cm³/mol. The normalized spacial score (nSPS) is 14.2. The van der Waals surface area contributed by atoms with Gasteiger partial charge in [0.1, 0.15) is 6.67 Å². The summed E-state index contributed by atoms with van der Waals surface area (Å²) in [5.41, 5.74) is 13.3. The lowest BCUT2D eigenvalue weighted by Crippen LogP contribution is -1.93. The van der Waals surface area contributed by atoms with E-state index in [-0.39, 0.29) is 11.4 Å². The van der Waals surface area contributed by atoms with E-state index in [0.29, 0.717) is 22.3 Å². The summed E-state index contributed by atoms with van der Waals surface area (Å²) in [4.78, 5) is 9.12. The van der Waals surface area contributed by atoms with Gasteiger partial charge in [0.05, 0.1) is 25.3 Å². The number of thiophene rings is 1. The molecule has 46 heavy (non-hydrogen) atoms. The molecule has 0 aliphatic heterocycles. The number of fused-ring (bicyclic) bond motifs is 7. The third-order valence-corrected chi connectivity index (χ3v) is 9.82. The molecular weight excluding hydrogens is 588 g/mol. The van der Waals surface area contributed by atoms with Crippen LogP contribution in [0.25, 0.3) is 64.0 Å². The van der Waals surface area contributed by atoms with E-state index in [1.54, 1.807) is 11.3 Å². The second-order valence-electron chi connectivity index (χ2n) is 11.6. The molecule has 4 aromatic carbocycles. The van der Waals surface area contributed by atoms with Crippen molar-refractivity contribution >= 4 is 22.5 Å². The monoisotopic (exact) mass is 610 g/mol.